The zero-order valence-corrected chi connectivity index (χ0v) is 11.8. The molecule has 0 spiro atoms. The summed E-state index contributed by atoms with van der Waals surface area (Å²) < 4.78 is 0. The molecule has 1 aliphatic carbocycles. The van der Waals surface area contributed by atoms with Crippen LogP contribution < -0.4 is 0 Å². The van der Waals surface area contributed by atoms with Gasteiger partial charge in [-0.3, -0.25) is 4.98 Å². The predicted molar refractivity (Wildman–Crippen MR) is 81.1 cm³/mol. The van der Waals surface area contributed by atoms with Crippen molar-refractivity contribution in [2.45, 2.75) is 32.6 Å². The van der Waals surface area contributed by atoms with Crippen LogP contribution in [0.4, 0.5) is 0 Å². The van der Waals surface area contributed by atoms with Crippen molar-refractivity contribution in [3.8, 4) is 11.1 Å². The molecule has 1 aromatic carbocycles. The summed E-state index contributed by atoms with van der Waals surface area (Å²) in [6.45, 7) is 6.74. The number of pyridine rings is 1. The van der Waals surface area contributed by atoms with Gasteiger partial charge in [-0.2, -0.15) is 0 Å². The zero-order valence-electron chi connectivity index (χ0n) is 11.8. The molecule has 0 saturated heterocycles. The Kier molecular flexibility index (Phi) is 2.78. The zero-order chi connectivity index (χ0) is 13.5. The van der Waals surface area contributed by atoms with E-state index < -0.39 is 0 Å². The maximum absolute atomic E-state index is 4.56. The van der Waals surface area contributed by atoms with Crippen LogP contribution in [0, 0.1) is 0 Å². The maximum atomic E-state index is 4.56. The van der Waals surface area contributed by atoms with E-state index in [0.29, 0.717) is 0 Å². The molecular formula is C18H19N. The van der Waals surface area contributed by atoms with E-state index in [-0.39, 0.29) is 5.41 Å². The van der Waals surface area contributed by atoms with Crippen molar-refractivity contribution in [1.29, 1.82) is 0 Å². The Labute approximate surface area is 115 Å². The number of hydrogen-bond donors (Lipinski definition) is 0. The highest BCUT2D eigenvalue weighted by atomic mass is 14.7. The van der Waals surface area contributed by atoms with Crippen molar-refractivity contribution in [3.05, 3.63) is 59.4 Å². The second kappa shape index (κ2) is 4.34. The molecule has 1 heterocycles. The Morgan fingerprint density at radius 1 is 1.05 bits per heavy atom. The molecule has 96 valence electrons. The molecule has 0 unspecified atom stereocenters. The minimum absolute atomic E-state index is 0.181. The Morgan fingerprint density at radius 3 is 2.68 bits per heavy atom. The lowest BCUT2D eigenvalue weighted by Crippen LogP contribution is -2.10. The third-order valence-corrected chi connectivity index (χ3v) is 3.67. The molecular weight excluding hydrogens is 230 g/mol. The Hall–Kier alpha value is -1.89. The summed E-state index contributed by atoms with van der Waals surface area (Å²) in [4.78, 5) is 4.56. The second-order valence-electron chi connectivity index (χ2n) is 6.20. The first kappa shape index (κ1) is 12.2. The van der Waals surface area contributed by atoms with Gasteiger partial charge in [-0.1, -0.05) is 57.2 Å². The lowest BCUT2D eigenvalue weighted by Gasteiger charge is -2.19. The van der Waals surface area contributed by atoms with E-state index in [1.54, 1.807) is 0 Å². The highest BCUT2D eigenvalue weighted by molar-refractivity contribution is 5.69. The Bertz CT molecular complexity index is 645. The van der Waals surface area contributed by atoms with Gasteiger partial charge in [0.2, 0.25) is 0 Å². The van der Waals surface area contributed by atoms with Crippen LogP contribution in [0.5, 0.6) is 0 Å². The standard InChI is InChI=1S/C18H19N/c1-18(2,3)16-8-4-6-13(11-16)15-10-14-7-5-9-17(14)19-12-15/h4-8,10-12H,9H2,1-3H3. The quantitative estimate of drug-likeness (QED) is 0.719. The van der Waals surface area contributed by atoms with Crippen molar-refractivity contribution < 1.29 is 0 Å². The van der Waals surface area contributed by atoms with Crippen molar-refractivity contribution >= 4 is 6.08 Å². The van der Waals surface area contributed by atoms with E-state index in [2.05, 4.69) is 68.2 Å². The fraction of sp³-hybridized carbons (Fsp3) is 0.278. The summed E-state index contributed by atoms with van der Waals surface area (Å²) in [7, 11) is 0. The van der Waals surface area contributed by atoms with Crippen molar-refractivity contribution in [1.82, 2.24) is 4.98 Å². The maximum Gasteiger partial charge on any atom is 0.0513 e. The highest BCUT2D eigenvalue weighted by Crippen LogP contribution is 2.29. The third kappa shape index (κ3) is 2.33. The normalized spacial score (nSPS) is 13.6. The first-order valence-corrected chi connectivity index (χ1v) is 6.80. The molecule has 1 nitrogen and oxygen atoms in total. The number of nitrogens with zero attached hydrogens (tertiary/aromatic N) is 1. The summed E-state index contributed by atoms with van der Waals surface area (Å²) >= 11 is 0. The van der Waals surface area contributed by atoms with Gasteiger partial charge in [0.05, 0.1) is 5.69 Å². The monoisotopic (exact) mass is 249 g/mol. The Morgan fingerprint density at radius 2 is 1.89 bits per heavy atom. The lowest BCUT2D eigenvalue weighted by atomic mass is 9.85. The van der Waals surface area contributed by atoms with Crippen LogP contribution in [0.3, 0.4) is 0 Å². The molecule has 0 fully saturated rings. The fourth-order valence-electron chi connectivity index (χ4n) is 2.45. The van der Waals surface area contributed by atoms with E-state index in [1.807, 2.05) is 6.20 Å². The highest BCUT2D eigenvalue weighted by Gasteiger charge is 2.14. The van der Waals surface area contributed by atoms with Crippen LogP contribution >= 0.6 is 0 Å². The minimum atomic E-state index is 0.181. The molecule has 0 radical (unpaired) electrons. The molecule has 0 aliphatic heterocycles. The van der Waals surface area contributed by atoms with Crippen LogP contribution in [0.25, 0.3) is 17.2 Å². The lowest BCUT2D eigenvalue weighted by molar-refractivity contribution is 0.590. The molecule has 0 N–H and O–H groups in total. The van der Waals surface area contributed by atoms with Crippen molar-refractivity contribution in [2.24, 2.45) is 0 Å². The Balaban J connectivity index is 2.05. The predicted octanol–water partition coefficient (Wildman–Crippen LogP) is 4.62. The van der Waals surface area contributed by atoms with Crippen LogP contribution in [-0.2, 0) is 11.8 Å². The largest absolute Gasteiger partial charge is 0.260 e. The summed E-state index contributed by atoms with van der Waals surface area (Å²) in [6, 6.07) is 11.0. The summed E-state index contributed by atoms with van der Waals surface area (Å²) in [5, 5.41) is 0. The van der Waals surface area contributed by atoms with E-state index in [9.17, 15) is 0 Å². The van der Waals surface area contributed by atoms with Gasteiger partial charge in [0, 0.05) is 18.2 Å². The van der Waals surface area contributed by atoms with Crippen LogP contribution in [0.1, 0.15) is 37.6 Å². The van der Waals surface area contributed by atoms with E-state index >= 15 is 0 Å². The minimum Gasteiger partial charge on any atom is -0.260 e. The first-order chi connectivity index (χ1) is 9.04. The fourth-order valence-corrected chi connectivity index (χ4v) is 2.45. The summed E-state index contributed by atoms with van der Waals surface area (Å²) in [6.07, 6.45) is 7.30. The molecule has 19 heavy (non-hydrogen) atoms. The van der Waals surface area contributed by atoms with Gasteiger partial charge in [-0.15, -0.1) is 0 Å². The van der Waals surface area contributed by atoms with E-state index in [1.165, 1.54) is 27.9 Å². The van der Waals surface area contributed by atoms with Gasteiger partial charge in [0.1, 0.15) is 0 Å². The van der Waals surface area contributed by atoms with Crippen LogP contribution in [0.2, 0.25) is 0 Å². The van der Waals surface area contributed by atoms with Gasteiger partial charge in [-0.25, -0.2) is 0 Å². The number of hydrogen-bond acceptors (Lipinski definition) is 1. The summed E-state index contributed by atoms with van der Waals surface area (Å²) in [5.74, 6) is 0. The second-order valence-corrected chi connectivity index (χ2v) is 6.20. The van der Waals surface area contributed by atoms with Crippen LogP contribution in [-0.4, -0.2) is 4.98 Å². The molecule has 0 atom stereocenters. The van der Waals surface area contributed by atoms with Crippen molar-refractivity contribution in [2.75, 3.05) is 0 Å². The molecule has 1 aromatic heterocycles. The van der Waals surface area contributed by atoms with Gasteiger partial charge in [0.15, 0.2) is 0 Å². The molecule has 0 amide bonds. The van der Waals surface area contributed by atoms with Gasteiger partial charge < -0.3 is 0 Å². The number of aromatic nitrogens is 1. The molecule has 2 aromatic rings. The van der Waals surface area contributed by atoms with Crippen LogP contribution in [0.15, 0.2) is 42.6 Å². The SMILES string of the molecule is CC(C)(C)c1cccc(-c2cnc3c(c2)C=CC3)c1. The number of fused-ring (bicyclic) bond motifs is 1. The smallest absolute Gasteiger partial charge is 0.0513 e. The van der Waals surface area contributed by atoms with E-state index in [0.717, 1.165) is 6.42 Å². The van der Waals surface area contributed by atoms with Crippen molar-refractivity contribution in [3.63, 3.8) is 0 Å². The number of allylic oxidation sites excluding steroid dienone is 1. The number of benzene rings is 1. The molecule has 1 heteroatoms. The molecule has 3 rings (SSSR count). The van der Waals surface area contributed by atoms with E-state index in [4.69, 9.17) is 0 Å². The van der Waals surface area contributed by atoms with Gasteiger partial charge >= 0.3 is 0 Å². The number of rotatable bonds is 1. The average molecular weight is 249 g/mol. The molecule has 0 saturated carbocycles. The first-order valence-electron chi connectivity index (χ1n) is 6.80. The molecule has 1 aliphatic rings. The third-order valence-electron chi connectivity index (χ3n) is 3.67. The summed E-state index contributed by atoms with van der Waals surface area (Å²) in [5.41, 5.74) is 6.45. The topological polar surface area (TPSA) is 12.9 Å². The van der Waals surface area contributed by atoms with Gasteiger partial charge in [0.25, 0.3) is 0 Å². The van der Waals surface area contributed by atoms with Gasteiger partial charge in [-0.05, 0) is 28.2 Å². The molecule has 0 bridgehead atoms. The average Bonchev–Trinajstić information content (AvgIpc) is 2.85.